The average molecular weight is 244 g/mol. The molecule has 0 aliphatic heterocycles. The molecule has 0 N–H and O–H groups in total. The van der Waals surface area contributed by atoms with E-state index in [0.29, 0.717) is 19.0 Å². The van der Waals surface area contributed by atoms with Gasteiger partial charge in [0.2, 0.25) is 15.9 Å². The zero-order valence-corrected chi connectivity index (χ0v) is 10.5. The van der Waals surface area contributed by atoms with Crippen molar-refractivity contribution in [2.75, 3.05) is 20.2 Å². The molecule has 0 atom stereocenters. The molecule has 90 valence electrons. The molecule has 0 radical (unpaired) electrons. The van der Waals surface area contributed by atoms with Crippen molar-refractivity contribution in [3.05, 3.63) is 18.3 Å². The third-order valence-corrected chi connectivity index (χ3v) is 4.07. The van der Waals surface area contributed by atoms with Crippen LogP contribution in [0.4, 0.5) is 0 Å². The van der Waals surface area contributed by atoms with Crippen LogP contribution in [-0.2, 0) is 10.0 Å². The van der Waals surface area contributed by atoms with Crippen LogP contribution in [0.25, 0.3) is 0 Å². The summed E-state index contributed by atoms with van der Waals surface area (Å²) in [6.07, 6.45) is 1.31. The molecule has 0 bridgehead atoms. The largest absolute Gasteiger partial charge is 0.478 e. The Bertz CT molecular complexity index is 428. The van der Waals surface area contributed by atoms with E-state index < -0.39 is 10.0 Å². The molecule has 5 nitrogen and oxygen atoms in total. The molecular formula is C10H16N2O3S. The standard InChI is InChI=1S/C10H16N2O3S/c1-4-12(3)16(13,14)9-6-7-10(11-8-9)15-5-2/h6-8H,4-5H2,1-3H3. The van der Waals surface area contributed by atoms with E-state index in [1.54, 1.807) is 13.0 Å². The van der Waals surface area contributed by atoms with Crippen LogP contribution >= 0.6 is 0 Å². The molecule has 16 heavy (non-hydrogen) atoms. The number of pyridine rings is 1. The second-order valence-electron chi connectivity index (χ2n) is 3.18. The van der Waals surface area contributed by atoms with Gasteiger partial charge in [-0.25, -0.2) is 17.7 Å². The van der Waals surface area contributed by atoms with E-state index in [-0.39, 0.29) is 4.90 Å². The van der Waals surface area contributed by atoms with Crippen molar-refractivity contribution >= 4 is 10.0 Å². The summed E-state index contributed by atoms with van der Waals surface area (Å²) in [6, 6.07) is 3.05. The molecule has 0 spiro atoms. The van der Waals surface area contributed by atoms with Crippen molar-refractivity contribution in [1.29, 1.82) is 0 Å². The highest BCUT2D eigenvalue weighted by Crippen LogP contribution is 2.15. The van der Waals surface area contributed by atoms with Gasteiger partial charge in [0.15, 0.2) is 0 Å². The summed E-state index contributed by atoms with van der Waals surface area (Å²) >= 11 is 0. The van der Waals surface area contributed by atoms with E-state index in [2.05, 4.69) is 4.98 Å². The van der Waals surface area contributed by atoms with Crippen molar-refractivity contribution in [1.82, 2.24) is 9.29 Å². The number of sulfonamides is 1. The SMILES string of the molecule is CCOc1ccc(S(=O)(=O)N(C)CC)cn1. The minimum absolute atomic E-state index is 0.181. The fourth-order valence-corrected chi connectivity index (χ4v) is 2.23. The molecule has 0 amide bonds. The molecule has 0 aromatic carbocycles. The highest BCUT2D eigenvalue weighted by atomic mass is 32.2. The van der Waals surface area contributed by atoms with Gasteiger partial charge in [0.05, 0.1) is 12.8 Å². The molecule has 0 saturated carbocycles. The summed E-state index contributed by atoms with van der Waals surface area (Å²) in [5.74, 6) is 0.431. The third-order valence-electron chi connectivity index (χ3n) is 2.15. The first-order chi connectivity index (χ1) is 7.52. The number of hydrogen-bond donors (Lipinski definition) is 0. The predicted octanol–water partition coefficient (Wildman–Crippen LogP) is 1.12. The Morgan fingerprint density at radius 1 is 1.38 bits per heavy atom. The van der Waals surface area contributed by atoms with Gasteiger partial charge in [0.1, 0.15) is 4.90 Å². The zero-order valence-electron chi connectivity index (χ0n) is 9.67. The van der Waals surface area contributed by atoms with Crippen molar-refractivity contribution in [3.63, 3.8) is 0 Å². The normalized spacial score (nSPS) is 11.8. The topological polar surface area (TPSA) is 59.5 Å². The van der Waals surface area contributed by atoms with E-state index in [9.17, 15) is 8.42 Å². The van der Waals surface area contributed by atoms with Gasteiger partial charge in [-0.2, -0.15) is 0 Å². The molecule has 1 aromatic heterocycles. The van der Waals surface area contributed by atoms with Crippen LogP contribution < -0.4 is 4.74 Å². The molecule has 0 saturated heterocycles. The van der Waals surface area contributed by atoms with Gasteiger partial charge in [0, 0.05) is 19.7 Å². The average Bonchev–Trinajstić information content (AvgIpc) is 2.29. The van der Waals surface area contributed by atoms with Crippen LogP contribution in [0.5, 0.6) is 5.88 Å². The second-order valence-corrected chi connectivity index (χ2v) is 5.23. The van der Waals surface area contributed by atoms with Crippen molar-refractivity contribution in [2.45, 2.75) is 18.7 Å². The number of ether oxygens (including phenoxy) is 1. The summed E-state index contributed by atoms with van der Waals surface area (Å²) in [5.41, 5.74) is 0. The van der Waals surface area contributed by atoms with E-state index in [1.165, 1.54) is 23.6 Å². The smallest absolute Gasteiger partial charge is 0.244 e. The molecule has 0 unspecified atom stereocenters. The summed E-state index contributed by atoms with van der Waals surface area (Å²) in [5, 5.41) is 0. The van der Waals surface area contributed by atoms with Crippen LogP contribution in [-0.4, -0.2) is 37.9 Å². The van der Waals surface area contributed by atoms with E-state index in [0.717, 1.165) is 0 Å². The first kappa shape index (κ1) is 12.9. The highest BCUT2D eigenvalue weighted by Gasteiger charge is 2.19. The first-order valence-electron chi connectivity index (χ1n) is 5.07. The predicted molar refractivity (Wildman–Crippen MR) is 60.9 cm³/mol. The maximum absolute atomic E-state index is 11.9. The molecule has 0 fully saturated rings. The number of nitrogens with zero attached hydrogens (tertiary/aromatic N) is 2. The van der Waals surface area contributed by atoms with Gasteiger partial charge < -0.3 is 4.74 Å². The van der Waals surface area contributed by atoms with E-state index >= 15 is 0 Å². The van der Waals surface area contributed by atoms with Crippen molar-refractivity contribution in [3.8, 4) is 5.88 Å². The van der Waals surface area contributed by atoms with Crippen LogP contribution in [0, 0.1) is 0 Å². The summed E-state index contributed by atoms with van der Waals surface area (Å²) in [6.45, 7) is 4.56. The van der Waals surface area contributed by atoms with Crippen LogP contribution in [0.2, 0.25) is 0 Å². The number of aromatic nitrogens is 1. The first-order valence-corrected chi connectivity index (χ1v) is 6.51. The van der Waals surface area contributed by atoms with Gasteiger partial charge >= 0.3 is 0 Å². The van der Waals surface area contributed by atoms with Gasteiger partial charge in [-0.15, -0.1) is 0 Å². The van der Waals surface area contributed by atoms with E-state index in [1.807, 2.05) is 6.92 Å². The molecule has 1 heterocycles. The lowest BCUT2D eigenvalue weighted by Gasteiger charge is -2.14. The van der Waals surface area contributed by atoms with E-state index in [4.69, 9.17) is 4.74 Å². The van der Waals surface area contributed by atoms with Gasteiger partial charge in [-0.3, -0.25) is 0 Å². The lowest BCUT2D eigenvalue weighted by molar-refractivity contribution is 0.326. The Kier molecular flexibility index (Phi) is 4.26. The van der Waals surface area contributed by atoms with Gasteiger partial charge in [-0.1, -0.05) is 6.92 Å². The highest BCUT2D eigenvalue weighted by molar-refractivity contribution is 7.89. The Labute approximate surface area is 96.1 Å². The minimum Gasteiger partial charge on any atom is -0.478 e. The zero-order chi connectivity index (χ0) is 12.2. The Morgan fingerprint density at radius 3 is 2.50 bits per heavy atom. The molecule has 1 rings (SSSR count). The molecule has 0 aliphatic carbocycles. The van der Waals surface area contributed by atoms with Gasteiger partial charge in [-0.05, 0) is 13.0 Å². The molecule has 0 aliphatic rings. The van der Waals surface area contributed by atoms with Crippen molar-refractivity contribution in [2.24, 2.45) is 0 Å². The fourth-order valence-electron chi connectivity index (χ4n) is 1.10. The Morgan fingerprint density at radius 2 is 2.06 bits per heavy atom. The van der Waals surface area contributed by atoms with Crippen LogP contribution in [0.3, 0.4) is 0 Å². The number of rotatable bonds is 5. The van der Waals surface area contributed by atoms with Crippen molar-refractivity contribution < 1.29 is 13.2 Å². The monoisotopic (exact) mass is 244 g/mol. The summed E-state index contributed by atoms with van der Waals surface area (Å²) in [4.78, 5) is 4.10. The Balaban J connectivity index is 2.97. The molecular weight excluding hydrogens is 228 g/mol. The number of hydrogen-bond acceptors (Lipinski definition) is 4. The summed E-state index contributed by atoms with van der Waals surface area (Å²) < 4.78 is 30.2. The maximum atomic E-state index is 11.9. The van der Waals surface area contributed by atoms with Crippen LogP contribution in [0.15, 0.2) is 23.2 Å². The lowest BCUT2D eigenvalue weighted by atomic mass is 10.5. The lowest BCUT2D eigenvalue weighted by Crippen LogP contribution is -2.26. The summed E-state index contributed by atoms with van der Waals surface area (Å²) in [7, 11) is -1.87. The fraction of sp³-hybridized carbons (Fsp3) is 0.500. The maximum Gasteiger partial charge on any atom is 0.244 e. The molecule has 1 aromatic rings. The minimum atomic E-state index is -3.41. The quantitative estimate of drug-likeness (QED) is 0.778. The third kappa shape index (κ3) is 2.70. The van der Waals surface area contributed by atoms with Gasteiger partial charge in [0.25, 0.3) is 0 Å². The Hall–Kier alpha value is -1.14. The van der Waals surface area contributed by atoms with Crippen LogP contribution in [0.1, 0.15) is 13.8 Å². The molecule has 6 heteroatoms. The second kappa shape index (κ2) is 5.27.